The van der Waals surface area contributed by atoms with Crippen LogP contribution in [0.5, 0.6) is 0 Å². The lowest BCUT2D eigenvalue weighted by atomic mass is 10.4. The molecule has 0 aliphatic rings. The molecule has 0 aromatic carbocycles. The van der Waals surface area contributed by atoms with Gasteiger partial charge < -0.3 is 10.2 Å². The first kappa shape index (κ1) is 49.7. The molecule has 0 amide bonds. The van der Waals surface area contributed by atoms with E-state index in [4.69, 9.17) is 10.2 Å². The van der Waals surface area contributed by atoms with Crippen LogP contribution in [0, 0.1) is 0 Å². The van der Waals surface area contributed by atoms with Crippen molar-refractivity contribution in [2.45, 2.75) is 13.8 Å². The number of carbonyl (C=O) groups is 2. The maximum absolute atomic E-state index is 9.60. The number of aliphatic carboxylic acids is 2. The largest absolute Gasteiger partial charge is 0.478 e. The minimum absolute atomic E-state index is 0.176. The monoisotopic (exact) mass is 340 g/mol. The van der Waals surface area contributed by atoms with Crippen molar-refractivity contribution >= 4 is 11.9 Å². The predicted molar refractivity (Wildman–Crippen MR) is 112 cm³/mol. The van der Waals surface area contributed by atoms with Gasteiger partial charge in [-0.2, -0.15) is 0 Å². The van der Waals surface area contributed by atoms with Gasteiger partial charge in [0.1, 0.15) is 0 Å². The lowest BCUT2D eigenvalue weighted by Gasteiger charge is -1.79. The van der Waals surface area contributed by atoms with Gasteiger partial charge in [0, 0.05) is 11.1 Å². The molecule has 0 saturated heterocycles. The molecular weight excluding hydrogens is 304 g/mol. The fraction of sp³-hybridized carbons (Fsp3) is 0.100. The lowest BCUT2D eigenvalue weighted by Crippen LogP contribution is -1.92. The maximum Gasteiger partial charge on any atom is 0.330 e. The Morgan fingerprint density at radius 2 is 0.542 bits per heavy atom. The van der Waals surface area contributed by atoms with Gasteiger partial charge >= 0.3 is 11.9 Å². The first-order chi connectivity index (χ1) is 11.3. The molecule has 0 unspecified atom stereocenters. The topological polar surface area (TPSA) is 74.6 Å². The standard InChI is InChI=1S/2C4H6O2.6C2H4/c2*1-3(2)4(5)6;6*1-2/h2*1H2,2H3,(H,5,6);6*1-2H2. The zero-order chi connectivity index (χ0) is 22.3. The number of hydrogen-bond donors (Lipinski definition) is 2. The predicted octanol–water partition coefficient (Wildman–Crippen LogP) is 6.11. The summed E-state index contributed by atoms with van der Waals surface area (Å²) in [6.45, 7) is 45.2. The average molecular weight is 341 g/mol. The Labute approximate surface area is 149 Å². The maximum atomic E-state index is 9.60. The van der Waals surface area contributed by atoms with Crippen LogP contribution in [-0.2, 0) is 9.59 Å². The molecule has 0 aromatic heterocycles. The molecule has 0 aliphatic heterocycles. The van der Waals surface area contributed by atoms with E-state index >= 15 is 0 Å². The molecule has 0 fully saturated rings. The van der Waals surface area contributed by atoms with Crippen molar-refractivity contribution in [1.29, 1.82) is 0 Å². The van der Waals surface area contributed by atoms with Gasteiger partial charge in [0.2, 0.25) is 0 Å². The van der Waals surface area contributed by atoms with Crippen LogP contribution in [-0.4, -0.2) is 22.2 Å². The second kappa shape index (κ2) is 90.0. The average Bonchev–Trinajstić information content (AvgIpc) is 2.65. The summed E-state index contributed by atoms with van der Waals surface area (Å²) in [6.07, 6.45) is 0. The van der Waals surface area contributed by atoms with E-state index in [1.54, 1.807) is 0 Å². The highest BCUT2D eigenvalue weighted by Gasteiger charge is 1.90. The number of rotatable bonds is 2. The molecule has 24 heavy (non-hydrogen) atoms. The molecule has 0 spiro atoms. The summed E-state index contributed by atoms with van der Waals surface area (Å²) in [5.41, 5.74) is 0.352. The third kappa shape index (κ3) is 255. The molecular formula is C20H36O4. The van der Waals surface area contributed by atoms with Crippen LogP contribution in [0.4, 0.5) is 0 Å². The molecule has 0 atom stereocenters. The Balaban J connectivity index is -0.0000000221. The number of carboxylic acid groups (broad SMARTS) is 2. The SMILES string of the molecule is C=C.C=C.C=C.C=C.C=C.C=C.C=C(C)C(=O)O.C=C(C)C(=O)O. The van der Waals surface area contributed by atoms with Crippen LogP contribution in [0.3, 0.4) is 0 Å². The molecule has 0 heterocycles. The van der Waals surface area contributed by atoms with Gasteiger partial charge in [-0.1, -0.05) is 13.2 Å². The van der Waals surface area contributed by atoms with Gasteiger partial charge in [-0.3, -0.25) is 0 Å². The summed E-state index contributed by atoms with van der Waals surface area (Å²) in [5.74, 6) is -1.87. The normalized spacial score (nSPS) is 4.75. The summed E-state index contributed by atoms with van der Waals surface area (Å²) in [4.78, 5) is 19.2. The number of carboxylic acids is 2. The highest BCUT2D eigenvalue weighted by molar-refractivity contribution is 5.85. The molecule has 0 saturated carbocycles. The summed E-state index contributed by atoms with van der Waals surface area (Å²) in [6, 6.07) is 0. The van der Waals surface area contributed by atoms with Crippen LogP contribution >= 0.6 is 0 Å². The van der Waals surface area contributed by atoms with Crippen molar-refractivity contribution in [3.8, 4) is 0 Å². The Kier molecular flexibility index (Phi) is 187. The Morgan fingerprint density at radius 1 is 0.500 bits per heavy atom. The molecule has 2 N–H and O–H groups in total. The molecule has 0 bridgehead atoms. The molecule has 0 radical (unpaired) electrons. The Bertz CT molecular complexity index is 231. The van der Waals surface area contributed by atoms with Gasteiger partial charge in [-0.25, -0.2) is 9.59 Å². The lowest BCUT2D eigenvalue weighted by molar-refractivity contribution is -0.133. The minimum Gasteiger partial charge on any atom is -0.478 e. The molecule has 4 heteroatoms. The second-order valence-electron chi connectivity index (χ2n) is 2.17. The molecule has 4 nitrogen and oxygen atoms in total. The zero-order valence-corrected chi connectivity index (χ0v) is 15.6. The number of hydrogen-bond acceptors (Lipinski definition) is 2. The van der Waals surface area contributed by atoms with Crippen LogP contribution in [0.2, 0.25) is 0 Å². The summed E-state index contributed by atoms with van der Waals surface area (Å²) in [5, 5.41) is 15.8. The van der Waals surface area contributed by atoms with Gasteiger partial charge in [-0.15, -0.1) is 78.9 Å². The highest BCUT2D eigenvalue weighted by Crippen LogP contribution is 1.81. The van der Waals surface area contributed by atoms with E-state index in [2.05, 4.69) is 92.1 Å². The fourth-order valence-electron chi connectivity index (χ4n) is 0. The fourth-order valence-corrected chi connectivity index (χ4v) is 0. The van der Waals surface area contributed by atoms with E-state index in [1.807, 2.05) is 0 Å². The summed E-state index contributed by atoms with van der Waals surface area (Å²) in [7, 11) is 0. The van der Waals surface area contributed by atoms with Crippen molar-refractivity contribution in [2.75, 3.05) is 0 Å². The summed E-state index contributed by atoms with van der Waals surface area (Å²) >= 11 is 0. The van der Waals surface area contributed by atoms with E-state index in [1.165, 1.54) is 13.8 Å². The van der Waals surface area contributed by atoms with E-state index in [9.17, 15) is 9.59 Å². The Hall–Kier alpha value is -3.14. The van der Waals surface area contributed by atoms with E-state index in [-0.39, 0.29) is 11.1 Å². The van der Waals surface area contributed by atoms with Gasteiger partial charge in [0.25, 0.3) is 0 Å². The molecule has 0 rings (SSSR count). The highest BCUT2D eigenvalue weighted by atomic mass is 16.4. The summed E-state index contributed by atoms with van der Waals surface area (Å²) < 4.78 is 0. The van der Waals surface area contributed by atoms with E-state index in [0.29, 0.717) is 0 Å². The van der Waals surface area contributed by atoms with Crippen LogP contribution in [0.25, 0.3) is 0 Å². The minimum atomic E-state index is -0.935. The van der Waals surface area contributed by atoms with Crippen LogP contribution < -0.4 is 0 Å². The molecule has 140 valence electrons. The van der Waals surface area contributed by atoms with Crippen molar-refractivity contribution < 1.29 is 19.8 Å². The first-order valence-electron chi connectivity index (χ1n) is 6.06. The second-order valence-corrected chi connectivity index (χ2v) is 2.17. The van der Waals surface area contributed by atoms with Crippen molar-refractivity contribution in [3.05, 3.63) is 103 Å². The van der Waals surface area contributed by atoms with Crippen molar-refractivity contribution in [2.24, 2.45) is 0 Å². The third-order valence-electron chi connectivity index (χ3n) is 0.730. The third-order valence-corrected chi connectivity index (χ3v) is 0.730. The zero-order valence-electron chi connectivity index (χ0n) is 15.6. The van der Waals surface area contributed by atoms with Crippen LogP contribution in [0.1, 0.15) is 13.8 Å². The van der Waals surface area contributed by atoms with Crippen molar-refractivity contribution in [3.63, 3.8) is 0 Å². The smallest absolute Gasteiger partial charge is 0.330 e. The van der Waals surface area contributed by atoms with E-state index < -0.39 is 11.9 Å². The van der Waals surface area contributed by atoms with Crippen LogP contribution in [0.15, 0.2) is 103 Å². The quantitative estimate of drug-likeness (QED) is 0.470. The van der Waals surface area contributed by atoms with Gasteiger partial charge in [0.05, 0.1) is 0 Å². The van der Waals surface area contributed by atoms with Gasteiger partial charge in [-0.05, 0) is 13.8 Å². The molecule has 0 aliphatic carbocycles. The first-order valence-corrected chi connectivity index (χ1v) is 6.06. The molecule has 0 aromatic rings. The van der Waals surface area contributed by atoms with Gasteiger partial charge in [0.15, 0.2) is 0 Å². The Morgan fingerprint density at radius 3 is 0.542 bits per heavy atom. The van der Waals surface area contributed by atoms with Crippen molar-refractivity contribution in [1.82, 2.24) is 0 Å². The van der Waals surface area contributed by atoms with E-state index in [0.717, 1.165) is 0 Å².